The van der Waals surface area contributed by atoms with E-state index in [2.05, 4.69) is 31.4 Å². The van der Waals surface area contributed by atoms with Crippen molar-refractivity contribution in [2.75, 3.05) is 7.11 Å². The second-order valence-corrected chi connectivity index (χ2v) is 4.66. The molecule has 2 rings (SSSR count). The van der Waals surface area contributed by atoms with Gasteiger partial charge in [-0.05, 0) is 30.3 Å². The summed E-state index contributed by atoms with van der Waals surface area (Å²) in [7, 11) is 1.53. The fourth-order valence-corrected chi connectivity index (χ4v) is 1.89. The lowest BCUT2D eigenvalue weighted by molar-refractivity contribution is 0.0947. The lowest BCUT2D eigenvalue weighted by Crippen LogP contribution is -2.23. The number of amides is 1. The Morgan fingerprint density at radius 1 is 1.42 bits per heavy atom. The van der Waals surface area contributed by atoms with Gasteiger partial charge < -0.3 is 10.1 Å². The largest absolute Gasteiger partial charge is 0.496 e. The first kappa shape index (κ1) is 13.5. The molecule has 0 aliphatic carbocycles. The molecule has 2 aromatic rings. The molecule has 0 saturated carbocycles. The summed E-state index contributed by atoms with van der Waals surface area (Å²) in [5, 5.41) is 10.4. The summed E-state index contributed by atoms with van der Waals surface area (Å²) < 4.78 is 6.04. The summed E-state index contributed by atoms with van der Waals surface area (Å²) in [4.78, 5) is 12.1. The number of benzene rings is 1. The van der Waals surface area contributed by atoms with Crippen LogP contribution in [0.15, 0.2) is 41.0 Å². The zero-order chi connectivity index (χ0) is 13.7. The van der Waals surface area contributed by atoms with Crippen LogP contribution in [0.3, 0.4) is 0 Å². The summed E-state index contributed by atoms with van der Waals surface area (Å²) in [6.45, 7) is 0.325. The second kappa shape index (κ2) is 6.29. The number of methoxy groups -OCH3 is 1. The van der Waals surface area contributed by atoms with Crippen molar-refractivity contribution in [2.24, 2.45) is 0 Å². The minimum atomic E-state index is -0.213. The minimum absolute atomic E-state index is 0.213. The van der Waals surface area contributed by atoms with Crippen molar-refractivity contribution in [1.82, 2.24) is 15.5 Å². The Bertz CT molecular complexity index is 575. The summed E-state index contributed by atoms with van der Waals surface area (Å²) >= 11 is 3.33. The lowest BCUT2D eigenvalue weighted by Gasteiger charge is -2.09. The fourth-order valence-electron chi connectivity index (χ4n) is 1.55. The van der Waals surface area contributed by atoms with Crippen molar-refractivity contribution in [3.8, 4) is 5.75 Å². The number of halogens is 1. The summed E-state index contributed by atoms with van der Waals surface area (Å²) in [6.07, 6.45) is 1.59. The normalized spacial score (nSPS) is 10.0. The van der Waals surface area contributed by atoms with Gasteiger partial charge in [0, 0.05) is 10.7 Å². The van der Waals surface area contributed by atoms with Crippen LogP contribution in [-0.4, -0.2) is 23.2 Å². The Labute approximate surface area is 119 Å². The van der Waals surface area contributed by atoms with E-state index in [-0.39, 0.29) is 5.91 Å². The number of nitrogens with zero attached hydrogens (tertiary/aromatic N) is 2. The van der Waals surface area contributed by atoms with Crippen molar-refractivity contribution in [2.45, 2.75) is 6.54 Å². The summed E-state index contributed by atoms with van der Waals surface area (Å²) in [6, 6.07) is 8.81. The topological polar surface area (TPSA) is 64.1 Å². The van der Waals surface area contributed by atoms with Crippen LogP contribution in [0.1, 0.15) is 16.1 Å². The average molecular weight is 322 g/mol. The van der Waals surface area contributed by atoms with Crippen LogP contribution in [0, 0.1) is 0 Å². The Balaban J connectivity index is 2.08. The maximum atomic E-state index is 12.1. The van der Waals surface area contributed by atoms with E-state index in [4.69, 9.17) is 4.74 Å². The molecule has 1 aromatic carbocycles. The van der Waals surface area contributed by atoms with Crippen LogP contribution >= 0.6 is 15.9 Å². The van der Waals surface area contributed by atoms with Gasteiger partial charge in [-0.3, -0.25) is 4.79 Å². The van der Waals surface area contributed by atoms with Crippen molar-refractivity contribution in [3.05, 3.63) is 52.3 Å². The van der Waals surface area contributed by atoms with E-state index in [1.54, 1.807) is 36.5 Å². The molecule has 6 heteroatoms. The first-order valence-electron chi connectivity index (χ1n) is 5.59. The van der Waals surface area contributed by atoms with Gasteiger partial charge >= 0.3 is 0 Å². The number of aromatic nitrogens is 2. The standard InChI is InChI=1S/C13H12BrN3O2/c1-19-12-7-9(14)4-5-11(12)13(18)15-8-10-3-2-6-16-17-10/h2-7H,8H2,1H3,(H,15,18). The highest BCUT2D eigenvalue weighted by Gasteiger charge is 2.12. The average Bonchev–Trinajstić information content (AvgIpc) is 2.45. The minimum Gasteiger partial charge on any atom is -0.496 e. The van der Waals surface area contributed by atoms with Gasteiger partial charge in [-0.15, -0.1) is 0 Å². The van der Waals surface area contributed by atoms with Crippen LogP contribution in [-0.2, 0) is 6.54 Å². The van der Waals surface area contributed by atoms with Gasteiger partial charge in [0.2, 0.25) is 0 Å². The maximum Gasteiger partial charge on any atom is 0.255 e. The first-order chi connectivity index (χ1) is 9.20. The van der Waals surface area contributed by atoms with E-state index in [9.17, 15) is 4.79 Å². The SMILES string of the molecule is COc1cc(Br)ccc1C(=O)NCc1cccnn1. The summed E-state index contributed by atoms with van der Waals surface area (Å²) in [5.74, 6) is 0.307. The molecular weight excluding hydrogens is 310 g/mol. The van der Waals surface area contributed by atoms with Gasteiger partial charge in [0.05, 0.1) is 24.9 Å². The number of carbonyl (C=O) groups is 1. The molecule has 1 aromatic heterocycles. The number of hydrogen-bond acceptors (Lipinski definition) is 4. The Kier molecular flexibility index (Phi) is 4.46. The van der Waals surface area contributed by atoms with Gasteiger partial charge in [0.1, 0.15) is 5.75 Å². The molecule has 1 amide bonds. The molecule has 0 spiro atoms. The monoisotopic (exact) mass is 321 g/mol. The van der Waals surface area contributed by atoms with Crippen molar-refractivity contribution in [3.63, 3.8) is 0 Å². The number of carbonyl (C=O) groups excluding carboxylic acids is 1. The second-order valence-electron chi connectivity index (χ2n) is 3.74. The molecule has 0 aliphatic heterocycles. The van der Waals surface area contributed by atoms with Gasteiger partial charge in [-0.1, -0.05) is 15.9 Å². The first-order valence-corrected chi connectivity index (χ1v) is 6.38. The fraction of sp³-hybridized carbons (Fsp3) is 0.154. The number of nitrogens with one attached hydrogen (secondary N) is 1. The third-order valence-corrected chi connectivity index (χ3v) is 2.96. The Hall–Kier alpha value is -1.95. The van der Waals surface area contributed by atoms with E-state index in [1.165, 1.54) is 7.11 Å². The van der Waals surface area contributed by atoms with E-state index in [1.807, 2.05) is 0 Å². The van der Waals surface area contributed by atoms with Crippen molar-refractivity contribution < 1.29 is 9.53 Å². The number of rotatable bonds is 4. The van der Waals surface area contributed by atoms with Crippen LogP contribution in [0.4, 0.5) is 0 Å². The van der Waals surface area contributed by atoms with Crippen LogP contribution < -0.4 is 10.1 Å². The smallest absolute Gasteiger partial charge is 0.255 e. The molecule has 19 heavy (non-hydrogen) atoms. The molecule has 98 valence electrons. The quantitative estimate of drug-likeness (QED) is 0.937. The van der Waals surface area contributed by atoms with Gasteiger partial charge in [0.25, 0.3) is 5.91 Å². The lowest BCUT2D eigenvalue weighted by atomic mass is 10.2. The highest BCUT2D eigenvalue weighted by atomic mass is 79.9. The molecule has 0 saturated heterocycles. The van der Waals surface area contributed by atoms with E-state index in [0.717, 1.165) is 4.47 Å². The summed E-state index contributed by atoms with van der Waals surface area (Å²) in [5.41, 5.74) is 1.18. The van der Waals surface area contributed by atoms with Gasteiger partial charge in [0.15, 0.2) is 0 Å². The van der Waals surface area contributed by atoms with E-state index in [0.29, 0.717) is 23.6 Å². The number of hydrogen-bond donors (Lipinski definition) is 1. The third-order valence-electron chi connectivity index (χ3n) is 2.47. The van der Waals surface area contributed by atoms with Crippen LogP contribution in [0.2, 0.25) is 0 Å². The Morgan fingerprint density at radius 3 is 2.95 bits per heavy atom. The predicted octanol–water partition coefficient (Wildman–Crippen LogP) is 2.18. The molecule has 0 aliphatic rings. The zero-order valence-electron chi connectivity index (χ0n) is 10.3. The van der Waals surface area contributed by atoms with Gasteiger partial charge in [-0.25, -0.2) is 0 Å². The molecule has 1 heterocycles. The highest BCUT2D eigenvalue weighted by Crippen LogP contribution is 2.23. The van der Waals surface area contributed by atoms with Crippen molar-refractivity contribution in [1.29, 1.82) is 0 Å². The van der Waals surface area contributed by atoms with Crippen molar-refractivity contribution >= 4 is 21.8 Å². The molecular formula is C13H12BrN3O2. The molecule has 0 unspecified atom stereocenters. The molecule has 0 fully saturated rings. The van der Waals surface area contributed by atoms with Crippen LogP contribution in [0.25, 0.3) is 0 Å². The molecule has 0 atom stereocenters. The zero-order valence-corrected chi connectivity index (χ0v) is 11.8. The van der Waals surface area contributed by atoms with Crippen LogP contribution in [0.5, 0.6) is 5.75 Å². The Morgan fingerprint density at radius 2 is 2.26 bits per heavy atom. The maximum absolute atomic E-state index is 12.1. The number of ether oxygens (including phenoxy) is 1. The highest BCUT2D eigenvalue weighted by molar-refractivity contribution is 9.10. The molecule has 1 N–H and O–H groups in total. The third kappa shape index (κ3) is 3.51. The molecule has 0 bridgehead atoms. The predicted molar refractivity (Wildman–Crippen MR) is 73.9 cm³/mol. The van der Waals surface area contributed by atoms with E-state index < -0.39 is 0 Å². The van der Waals surface area contributed by atoms with Gasteiger partial charge in [-0.2, -0.15) is 10.2 Å². The van der Waals surface area contributed by atoms with E-state index >= 15 is 0 Å². The molecule has 5 nitrogen and oxygen atoms in total. The molecule has 0 radical (unpaired) electrons.